The summed E-state index contributed by atoms with van der Waals surface area (Å²) in [6.07, 6.45) is -6.84. The van der Waals surface area contributed by atoms with E-state index in [9.17, 15) is 4.53 Å². The summed E-state index contributed by atoms with van der Waals surface area (Å²) in [6, 6.07) is 0. The maximum Gasteiger partial charge on any atom is 0.150 e. The molecule has 0 saturated heterocycles. The molecular formula is C6H13FO6. The Hall–Kier alpha value is -0.310. The normalized spacial score (nSPS) is 20.8. The molecule has 0 radical (unpaired) electrons. The number of hydrogen-bond acceptors (Lipinski definition) is 6. The summed E-state index contributed by atoms with van der Waals surface area (Å²) >= 11 is 0. The lowest BCUT2D eigenvalue weighted by Crippen LogP contribution is -2.47. The van der Waals surface area contributed by atoms with Gasteiger partial charge >= 0.3 is 0 Å². The number of aliphatic hydroxyl groups is 5. The van der Waals surface area contributed by atoms with Crippen LogP contribution < -0.4 is 0 Å². The fourth-order valence-electron chi connectivity index (χ4n) is 0.744. The van der Waals surface area contributed by atoms with E-state index in [1.807, 2.05) is 0 Å². The predicted octanol–water partition coefficient (Wildman–Crippen LogP) is -2.68. The van der Waals surface area contributed by atoms with Crippen LogP contribution in [0, 0.1) is 0 Å². The van der Waals surface area contributed by atoms with E-state index in [1.54, 1.807) is 0 Å². The SMILES string of the molecule is OC[C@@H](O)[C@@H](O)[C@H](O)[C@@H](CO)OF. The van der Waals surface area contributed by atoms with Crippen LogP contribution in [0.2, 0.25) is 0 Å². The van der Waals surface area contributed by atoms with Crippen molar-refractivity contribution in [3.63, 3.8) is 0 Å². The molecule has 7 heteroatoms. The zero-order valence-corrected chi connectivity index (χ0v) is 6.75. The summed E-state index contributed by atoms with van der Waals surface area (Å²) < 4.78 is 11.6. The highest BCUT2D eigenvalue weighted by molar-refractivity contribution is 4.80. The van der Waals surface area contributed by atoms with Crippen LogP contribution in [0.4, 0.5) is 4.53 Å². The first-order chi connectivity index (χ1) is 6.08. The predicted molar refractivity (Wildman–Crippen MR) is 38.2 cm³/mol. The molecule has 0 saturated carbocycles. The third kappa shape index (κ3) is 3.51. The lowest BCUT2D eigenvalue weighted by atomic mass is 10.0. The van der Waals surface area contributed by atoms with E-state index >= 15 is 0 Å². The number of hydrogen-bond donors (Lipinski definition) is 5. The molecule has 0 unspecified atom stereocenters. The molecule has 5 N–H and O–H groups in total. The molecule has 0 spiro atoms. The summed E-state index contributed by atoms with van der Waals surface area (Å²) in [6.45, 7) is -1.64. The van der Waals surface area contributed by atoms with E-state index < -0.39 is 37.6 Å². The summed E-state index contributed by atoms with van der Waals surface area (Å²) in [5.74, 6) is 0. The van der Waals surface area contributed by atoms with Gasteiger partial charge in [-0.2, -0.15) is 4.94 Å². The van der Waals surface area contributed by atoms with Crippen LogP contribution in [0.5, 0.6) is 0 Å². The zero-order chi connectivity index (χ0) is 10.4. The highest BCUT2D eigenvalue weighted by atomic mass is 19.3. The van der Waals surface area contributed by atoms with Crippen LogP contribution in [0.25, 0.3) is 0 Å². The van der Waals surface area contributed by atoms with Crippen LogP contribution in [-0.2, 0) is 4.94 Å². The monoisotopic (exact) mass is 200 g/mol. The molecule has 4 atom stereocenters. The van der Waals surface area contributed by atoms with Crippen molar-refractivity contribution in [2.75, 3.05) is 13.2 Å². The number of aliphatic hydroxyl groups excluding tert-OH is 5. The topological polar surface area (TPSA) is 110 Å². The Morgan fingerprint density at radius 1 is 1.00 bits per heavy atom. The summed E-state index contributed by atoms with van der Waals surface area (Å²) in [7, 11) is 0. The largest absolute Gasteiger partial charge is 0.394 e. The summed E-state index contributed by atoms with van der Waals surface area (Å²) in [5.41, 5.74) is 0. The van der Waals surface area contributed by atoms with Gasteiger partial charge in [0, 0.05) is 0 Å². The Labute approximate surface area is 73.7 Å². The van der Waals surface area contributed by atoms with Gasteiger partial charge in [-0.25, -0.2) is 0 Å². The third-order valence-corrected chi connectivity index (χ3v) is 1.61. The molecule has 0 bridgehead atoms. The van der Waals surface area contributed by atoms with Crippen molar-refractivity contribution in [2.24, 2.45) is 0 Å². The first-order valence-electron chi connectivity index (χ1n) is 3.61. The van der Waals surface area contributed by atoms with Crippen molar-refractivity contribution in [1.82, 2.24) is 0 Å². The molecule has 0 aliphatic carbocycles. The minimum atomic E-state index is -1.81. The van der Waals surface area contributed by atoms with Gasteiger partial charge in [0.25, 0.3) is 0 Å². The summed E-state index contributed by atoms with van der Waals surface area (Å²) in [4.78, 5) is 3.12. The van der Waals surface area contributed by atoms with Gasteiger partial charge in [-0.1, -0.05) is 0 Å². The molecule has 13 heavy (non-hydrogen) atoms. The van der Waals surface area contributed by atoms with Crippen LogP contribution in [0.1, 0.15) is 0 Å². The molecule has 6 nitrogen and oxygen atoms in total. The third-order valence-electron chi connectivity index (χ3n) is 1.61. The van der Waals surface area contributed by atoms with E-state index in [-0.39, 0.29) is 0 Å². The highest BCUT2D eigenvalue weighted by Gasteiger charge is 2.32. The molecule has 0 rings (SSSR count). The average Bonchev–Trinajstić information content (AvgIpc) is 2.17. The molecule has 80 valence electrons. The lowest BCUT2D eigenvalue weighted by molar-refractivity contribution is -0.239. The molecule has 0 aromatic heterocycles. The fourth-order valence-corrected chi connectivity index (χ4v) is 0.744. The van der Waals surface area contributed by atoms with Gasteiger partial charge in [0.15, 0.2) is 0 Å². The Morgan fingerprint density at radius 2 is 1.54 bits per heavy atom. The minimum Gasteiger partial charge on any atom is -0.394 e. The molecule has 0 aromatic rings. The molecule has 0 aliphatic rings. The maximum atomic E-state index is 11.6. The molecule has 0 heterocycles. The van der Waals surface area contributed by atoms with Crippen molar-refractivity contribution in [3.05, 3.63) is 0 Å². The van der Waals surface area contributed by atoms with Crippen LogP contribution >= 0.6 is 0 Å². The fraction of sp³-hybridized carbons (Fsp3) is 1.00. The van der Waals surface area contributed by atoms with Gasteiger partial charge in [0.1, 0.15) is 24.4 Å². The van der Waals surface area contributed by atoms with E-state index in [0.29, 0.717) is 0 Å². The van der Waals surface area contributed by atoms with E-state index in [4.69, 9.17) is 25.5 Å². The standard InChI is InChI=1S/C6H13FO6/c7-13-4(2-9)6(12)5(11)3(10)1-8/h3-6,8-12H,1-2H2/t3-,4-,5-,6-/m1/s1. The Balaban J connectivity index is 4.13. The van der Waals surface area contributed by atoms with E-state index in [2.05, 4.69) is 4.94 Å². The molecule has 0 amide bonds. The van der Waals surface area contributed by atoms with E-state index in [0.717, 1.165) is 0 Å². The van der Waals surface area contributed by atoms with Crippen molar-refractivity contribution in [3.8, 4) is 0 Å². The second-order valence-corrected chi connectivity index (χ2v) is 2.54. The summed E-state index contributed by atoms with van der Waals surface area (Å²) in [5, 5.41) is 43.6. The van der Waals surface area contributed by atoms with Gasteiger partial charge in [-0.15, -0.1) is 0 Å². The smallest absolute Gasteiger partial charge is 0.150 e. The molecule has 0 aromatic carbocycles. The van der Waals surface area contributed by atoms with Crippen LogP contribution in [-0.4, -0.2) is 63.2 Å². The van der Waals surface area contributed by atoms with Gasteiger partial charge in [-0.05, 0) is 4.53 Å². The number of halogens is 1. The average molecular weight is 200 g/mol. The second-order valence-electron chi connectivity index (χ2n) is 2.54. The minimum absolute atomic E-state index is 0.789. The van der Waals surface area contributed by atoms with E-state index in [1.165, 1.54) is 0 Å². The highest BCUT2D eigenvalue weighted by Crippen LogP contribution is 2.08. The van der Waals surface area contributed by atoms with Crippen molar-refractivity contribution < 1.29 is 35.0 Å². The van der Waals surface area contributed by atoms with Gasteiger partial charge in [-0.3, -0.25) is 0 Å². The Kier molecular flexibility index (Phi) is 6.04. The van der Waals surface area contributed by atoms with Crippen molar-refractivity contribution >= 4 is 0 Å². The van der Waals surface area contributed by atoms with Crippen LogP contribution in [0.15, 0.2) is 0 Å². The van der Waals surface area contributed by atoms with Gasteiger partial charge in [0.2, 0.25) is 0 Å². The Morgan fingerprint density at radius 3 is 1.85 bits per heavy atom. The zero-order valence-electron chi connectivity index (χ0n) is 6.75. The first kappa shape index (κ1) is 12.7. The second kappa shape index (κ2) is 6.19. The Bertz CT molecular complexity index is 130. The molecular weight excluding hydrogens is 187 g/mol. The van der Waals surface area contributed by atoms with Crippen molar-refractivity contribution in [2.45, 2.75) is 24.4 Å². The van der Waals surface area contributed by atoms with Crippen molar-refractivity contribution in [1.29, 1.82) is 0 Å². The number of rotatable bonds is 6. The lowest BCUT2D eigenvalue weighted by Gasteiger charge is -2.24. The van der Waals surface area contributed by atoms with Gasteiger partial charge < -0.3 is 25.5 Å². The van der Waals surface area contributed by atoms with Crippen LogP contribution in [0.3, 0.4) is 0 Å². The maximum absolute atomic E-state index is 11.6. The van der Waals surface area contributed by atoms with Gasteiger partial charge in [0.05, 0.1) is 13.2 Å². The molecule has 0 aliphatic heterocycles. The molecule has 0 fully saturated rings. The quantitative estimate of drug-likeness (QED) is 0.319. The first-order valence-corrected chi connectivity index (χ1v) is 3.61.